The van der Waals surface area contributed by atoms with Gasteiger partial charge in [0.15, 0.2) is 0 Å². The lowest BCUT2D eigenvalue weighted by Crippen LogP contribution is -2.39. The third kappa shape index (κ3) is 26.0. The second-order valence-corrected chi connectivity index (χ2v) is 10.7. The summed E-state index contributed by atoms with van der Waals surface area (Å²) in [7, 11) is 0. The molecule has 0 fully saturated rings. The molecule has 5 heteroatoms. The number of ether oxygens (including phenoxy) is 1. The van der Waals surface area contributed by atoms with E-state index in [4.69, 9.17) is 4.74 Å². The highest BCUT2D eigenvalue weighted by Crippen LogP contribution is 2.13. The molecule has 36 heavy (non-hydrogen) atoms. The van der Waals surface area contributed by atoms with Crippen molar-refractivity contribution in [2.75, 3.05) is 13.2 Å². The Morgan fingerprint density at radius 2 is 0.944 bits per heavy atom. The Hall–Kier alpha value is -1.10. The standard InChI is InChI=1S/C31H61NO4/c1-3-5-7-9-11-13-15-16-17-18-20-22-24-26-32-29(31(34)35)28-30(33)36-27-25-23-21-19-14-12-10-8-6-4-2/h29,32H,3-28H2,1-2H3,(H,34,35). The molecule has 1 unspecified atom stereocenters. The van der Waals surface area contributed by atoms with Gasteiger partial charge in [-0.05, 0) is 19.4 Å². The summed E-state index contributed by atoms with van der Waals surface area (Å²) in [4.78, 5) is 23.5. The van der Waals surface area contributed by atoms with Gasteiger partial charge in [0.2, 0.25) is 0 Å². The Bertz CT molecular complexity index is 483. The Kier molecular flexibility index (Phi) is 27.6. The Morgan fingerprint density at radius 3 is 1.33 bits per heavy atom. The van der Waals surface area contributed by atoms with Gasteiger partial charge in [-0.2, -0.15) is 0 Å². The molecule has 1 atom stereocenters. The van der Waals surface area contributed by atoms with Crippen LogP contribution in [0.25, 0.3) is 0 Å². The van der Waals surface area contributed by atoms with Gasteiger partial charge in [-0.25, -0.2) is 0 Å². The molecule has 0 aromatic rings. The molecule has 0 amide bonds. The molecule has 0 saturated heterocycles. The fourth-order valence-electron chi connectivity index (χ4n) is 4.67. The molecular formula is C31H61NO4. The van der Waals surface area contributed by atoms with Crippen molar-refractivity contribution in [3.05, 3.63) is 0 Å². The van der Waals surface area contributed by atoms with Crippen molar-refractivity contribution in [2.24, 2.45) is 0 Å². The van der Waals surface area contributed by atoms with Crippen molar-refractivity contribution < 1.29 is 19.4 Å². The zero-order chi connectivity index (χ0) is 26.5. The van der Waals surface area contributed by atoms with E-state index in [0.29, 0.717) is 13.2 Å². The molecule has 0 spiro atoms. The lowest BCUT2D eigenvalue weighted by molar-refractivity contribution is -0.149. The quantitative estimate of drug-likeness (QED) is 0.0774. The second kappa shape index (κ2) is 28.5. The molecule has 0 aliphatic carbocycles. The number of carbonyl (C=O) groups excluding carboxylic acids is 1. The summed E-state index contributed by atoms with van der Waals surface area (Å²) in [6.07, 6.45) is 29.1. The van der Waals surface area contributed by atoms with Gasteiger partial charge in [-0.15, -0.1) is 0 Å². The van der Waals surface area contributed by atoms with Gasteiger partial charge < -0.3 is 15.2 Å². The Labute approximate surface area is 223 Å². The summed E-state index contributed by atoms with van der Waals surface area (Å²) in [5.41, 5.74) is 0. The number of aliphatic carboxylic acids is 1. The summed E-state index contributed by atoms with van der Waals surface area (Å²) in [5, 5.41) is 12.4. The maximum atomic E-state index is 12.0. The minimum Gasteiger partial charge on any atom is -0.480 e. The number of carboxylic acids is 1. The molecular weight excluding hydrogens is 450 g/mol. The number of hydrogen-bond donors (Lipinski definition) is 2. The van der Waals surface area contributed by atoms with Gasteiger partial charge in [0.1, 0.15) is 6.04 Å². The first-order valence-electron chi connectivity index (χ1n) is 15.7. The summed E-state index contributed by atoms with van der Waals surface area (Å²) in [6, 6.07) is -0.845. The van der Waals surface area contributed by atoms with E-state index in [-0.39, 0.29) is 6.42 Å². The molecule has 0 aromatic carbocycles. The van der Waals surface area contributed by atoms with Crippen LogP contribution in [-0.2, 0) is 14.3 Å². The normalized spacial score (nSPS) is 12.1. The van der Waals surface area contributed by atoms with E-state index in [9.17, 15) is 14.7 Å². The van der Waals surface area contributed by atoms with E-state index in [1.165, 1.54) is 122 Å². The molecule has 0 heterocycles. The van der Waals surface area contributed by atoms with Crippen molar-refractivity contribution in [3.8, 4) is 0 Å². The van der Waals surface area contributed by atoms with Crippen molar-refractivity contribution in [1.82, 2.24) is 5.32 Å². The van der Waals surface area contributed by atoms with E-state index in [2.05, 4.69) is 19.2 Å². The predicted molar refractivity (Wildman–Crippen MR) is 153 cm³/mol. The van der Waals surface area contributed by atoms with Gasteiger partial charge in [0.05, 0.1) is 13.0 Å². The molecule has 0 bridgehead atoms. The number of carboxylic acid groups (broad SMARTS) is 1. The third-order valence-electron chi connectivity index (χ3n) is 7.10. The smallest absolute Gasteiger partial charge is 0.321 e. The highest BCUT2D eigenvalue weighted by Gasteiger charge is 2.21. The monoisotopic (exact) mass is 511 g/mol. The average molecular weight is 512 g/mol. The molecule has 0 aliphatic rings. The first kappa shape index (κ1) is 34.9. The van der Waals surface area contributed by atoms with Gasteiger partial charge in [-0.3, -0.25) is 9.59 Å². The first-order valence-corrected chi connectivity index (χ1v) is 15.7. The van der Waals surface area contributed by atoms with Crippen LogP contribution in [0.4, 0.5) is 0 Å². The number of nitrogens with one attached hydrogen (secondary N) is 1. The maximum absolute atomic E-state index is 12.0. The molecule has 0 aliphatic heterocycles. The lowest BCUT2D eigenvalue weighted by Gasteiger charge is -2.14. The highest BCUT2D eigenvalue weighted by atomic mass is 16.5. The lowest BCUT2D eigenvalue weighted by atomic mass is 10.0. The van der Waals surface area contributed by atoms with Crippen molar-refractivity contribution >= 4 is 11.9 Å². The summed E-state index contributed by atoms with van der Waals surface area (Å²) in [6.45, 7) is 5.55. The fourth-order valence-corrected chi connectivity index (χ4v) is 4.67. The molecule has 2 N–H and O–H groups in total. The van der Waals surface area contributed by atoms with Crippen LogP contribution in [0.15, 0.2) is 0 Å². The predicted octanol–water partition coefficient (Wildman–Crippen LogP) is 8.97. The minimum absolute atomic E-state index is 0.0917. The topological polar surface area (TPSA) is 75.6 Å². The SMILES string of the molecule is CCCCCCCCCCCCCCCNC(CC(=O)OCCCCCCCCCCCC)C(=O)O. The zero-order valence-electron chi connectivity index (χ0n) is 24.1. The second-order valence-electron chi connectivity index (χ2n) is 10.7. The number of esters is 1. The van der Waals surface area contributed by atoms with E-state index in [0.717, 1.165) is 25.7 Å². The Balaban J connectivity index is 3.56. The van der Waals surface area contributed by atoms with E-state index < -0.39 is 18.0 Å². The Morgan fingerprint density at radius 1 is 0.583 bits per heavy atom. The van der Waals surface area contributed by atoms with Crippen molar-refractivity contribution in [3.63, 3.8) is 0 Å². The van der Waals surface area contributed by atoms with Crippen molar-refractivity contribution in [1.29, 1.82) is 0 Å². The molecule has 214 valence electrons. The van der Waals surface area contributed by atoms with Crippen LogP contribution in [0.5, 0.6) is 0 Å². The molecule has 0 aromatic heterocycles. The van der Waals surface area contributed by atoms with Crippen LogP contribution in [0.2, 0.25) is 0 Å². The molecule has 5 nitrogen and oxygen atoms in total. The van der Waals surface area contributed by atoms with Crippen LogP contribution in [0.1, 0.15) is 168 Å². The van der Waals surface area contributed by atoms with Crippen LogP contribution >= 0.6 is 0 Å². The summed E-state index contributed by atoms with van der Waals surface area (Å²) in [5.74, 6) is -1.38. The van der Waals surface area contributed by atoms with Crippen LogP contribution in [0.3, 0.4) is 0 Å². The van der Waals surface area contributed by atoms with E-state index in [1.54, 1.807) is 0 Å². The number of unbranched alkanes of at least 4 members (excludes halogenated alkanes) is 21. The third-order valence-corrected chi connectivity index (χ3v) is 7.10. The maximum Gasteiger partial charge on any atom is 0.321 e. The van der Waals surface area contributed by atoms with E-state index >= 15 is 0 Å². The average Bonchev–Trinajstić information content (AvgIpc) is 2.86. The highest BCUT2D eigenvalue weighted by molar-refractivity contribution is 5.81. The van der Waals surface area contributed by atoms with Crippen LogP contribution in [-0.4, -0.2) is 36.2 Å². The summed E-state index contributed by atoms with van der Waals surface area (Å²) >= 11 is 0. The van der Waals surface area contributed by atoms with E-state index in [1.807, 2.05) is 0 Å². The number of rotatable bonds is 29. The largest absolute Gasteiger partial charge is 0.480 e. The van der Waals surface area contributed by atoms with Gasteiger partial charge in [-0.1, -0.05) is 149 Å². The number of carbonyl (C=O) groups is 2. The molecule has 0 saturated carbocycles. The minimum atomic E-state index is -0.972. The van der Waals surface area contributed by atoms with Crippen LogP contribution in [0, 0.1) is 0 Å². The van der Waals surface area contributed by atoms with Gasteiger partial charge >= 0.3 is 11.9 Å². The first-order chi connectivity index (χ1) is 17.6. The number of hydrogen-bond acceptors (Lipinski definition) is 4. The van der Waals surface area contributed by atoms with Crippen molar-refractivity contribution in [2.45, 2.75) is 174 Å². The molecule has 0 radical (unpaired) electrons. The van der Waals surface area contributed by atoms with Gasteiger partial charge in [0.25, 0.3) is 0 Å². The zero-order valence-corrected chi connectivity index (χ0v) is 24.1. The summed E-state index contributed by atoms with van der Waals surface area (Å²) < 4.78 is 5.28. The van der Waals surface area contributed by atoms with Gasteiger partial charge in [0, 0.05) is 0 Å². The van der Waals surface area contributed by atoms with Crippen LogP contribution < -0.4 is 5.32 Å². The molecule has 0 rings (SSSR count). The fraction of sp³-hybridized carbons (Fsp3) is 0.935.